The van der Waals surface area contributed by atoms with E-state index in [2.05, 4.69) is 15.5 Å². The molecule has 16 heavy (non-hydrogen) atoms. The first-order chi connectivity index (χ1) is 7.75. The van der Waals surface area contributed by atoms with Crippen LogP contribution in [0.15, 0.2) is 36.5 Å². The van der Waals surface area contributed by atoms with Crippen molar-refractivity contribution in [2.45, 2.75) is 13.5 Å². The normalized spacial score (nSPS) is 10.1. The van der Waals surface area contributed by atoms with Crippen molar-refractivity contribution in [3.63, 3.8) is 0 Å². The zero-order chi connectivity index (χ0) is 11.4. The van der Waals surface area contributed by atoms with Gasteiger partial charge in [0.1, 0.15) is 5.69 Å². The molecule has 0 aliphatic heterocycles. The van der Waals surface area contributed by atoms with Crippen LogP contribution in [0.5, 0.6) is 0 Å². The molecular weight excluding hydrogens is 202 g/mol. The molecule has 4 heteroatoms. The van der Waals surface area contributed by atoms with Gasteiger partial charge in [-0.05, 0) is 18.6 Å². The Balaban J connectivity index is 1.95. The Kier molecular flexibility index (Phi) is 3.00. The highest BCUT2D eigenvalue weighted by Gasteiger charge is 2.05. The Morgan fingerprint density at radius 3 is 3.00 bits per heavy atom. The molecule has 0 saturated heterocycles. The number of amides is 1. The van der Waals surface area contributed by atoms with Crippen LogP contribution in [0.25, 0.3) is 0 Å². The van der Waals surface area contributed by atoms with Crippen LogP contribution in [0.4, 0.5) is 0 Å². The first-order valence-corrected chi connectivity index (χ1v) is 5.09. The molecule has 0 unspecified atom stereocenters. The van der Waals surface area contributed by atoms with E-state index in [0.29, 0.717) is 12.2 Å². The average Bonchev–Trinajstić information content (AvgIpc) is 2.79. The van der Waals surface area contributed by atoms with Crippen LogP contribution in [0, 0.1) is 6.92 Å². The largest absolute Gasteiger partial charge is 0.347 e. The second kappa shape index (κ2) is 4.61. The Morgan fingerprint density at radius 2 is 2.31 bits per heavy atom. The Morgan fingerprint density at radius 1 is 1.44 bits per heavy atom. The topological polar surface area (TPSA) is 57.8 Å². The van der Waals surface area contributed by atoms with E-state index >= 15 is 0 Å². The first kappa shape index (κ1) is 10.4. The summed E-state index contributed by atoms with van der Waals surface area (Å²) in [6, 6.07) is 9.69. The molecule has 4 nitrogen and oxygen atoms in total. The molecule has 82 valence electrons. The van der Waals surface area contributed by atoms with Gasteiger partial charge in [0.25, 0.3) is 5.91 Å². The quantitative estimate of drug-likeness (QED) is 0.817. The molecule has 0 radical (unpaired) electrons. The summed E-state index contributed by atoms with van der Waals surface area (Å²) in [5, 5.41) is 9.17. The van der Waals surface area contributed by atoms with Gasteiger partial charge < -0.3 is 5.32 Å². The van der Waals surface area contributed by atoms with Crippen LogP contribution in [-0.2, 0) is 6.54 Å². The molecule has 0 spiro atoms. The van der Waals surface area contributed by atoms with Crippen LogP contribution in [-0.4, -0.2) is 16.1 Å². The minimum Gasteiger partial charge on any atom is -0.347 e. The summed E-state index contributed by atoms with van der Waals surface area (Å²) in [4.78, 5) is 11.6. The number of benzene rings is 1. The highest BCUT2D eigenvalue weighted by atomic mass is 16.1. The van der Waals surface area contributed by atoms with Gasteiger partial charge in [0.05, 0.1) is 0 Å². The monoisotopic (exact) mass is 215 g/mol. The maximum atomic E-state index is 11.6. The number of aromatic amines is 1. The molecule has 1 aromatic carbocycles. The lowest BCUT2D eigenvalue weighted by Gasteiger charge is -2.04. The minimum absolute atomic E-state index is 0.140. The fraction of sp³-hybridized carbons (Fsp3) is 0.167. The highest BCUT2D eigenvalue weighted by molar-refractivity contribution is 5.91. The van der Waals surface area contributed by atoms with E-state index in [1.807, 2.05) is 31.2 Å². The molecule has 0 fully saturated rings. The Labute approximate surface area is 93.7 Å². The molecule has 2 aromatic rings. The van der Waals surface area contributed by atoms with Gasteiger partial charge in [-0.3, -0.25) is 9.89 Å². The standard InChI is InChI=1S/C12H13N3O/c1-9-3-2-4-10(7-9)8-13-12(16)11-5-6-14-15-11/h2-7H,8H2,1H3,(H,13,16)(H,14,15). The van der Waals surface area contributed by atoms with Crippen molar-refractivity contribution in [2.75, 3.05) is 0 Å². The van der Waals surface area contributed by atoms with E-state index in [1.165, 1.54) is 5.56 Å². The fourth-order valence-electron chi connectivity index (χ4n) is 1.48. The molecule has 0 atom stereocenters. The average molecular weight is 215 g/mol. The maximum Gasteiger partial charge on any atom is 0.269 e. The second-order valence-corrected chi connectivity index (χ2v) is 3.64. The summed E-state index contributed by atoms with van der Waals surface area (Å²) in [5.41, 5.74) is 2.76. The number of nitrogens with one attached hydrogen (secondary N) is 2. The Hall–Kier alpha value is -2.10. The first-order valence-electron chi connectivity index (χ1n) is 5.09. The van der Waals surface area contributed by atoms with E-state index in [9.17, 15) is 4.79 Å². The number of aryl methyl sites for hydroxylation is 1. The molecule has 0 saturated carbocycles. The summed E-state index contributed by atoms with van der Waals surface area (Å²) in [7, 11) is 0. The summed E-state index contributed by atoms with van der Waals surface area (Å²) >= 11 is 0. The number of carbonyl (C=O) groups excluding carboxylic acids is 1. The van der Waals surface area contributed by atoms with E-state index in [0.717, 1.165) is 5.56 Å². The predicted octanol–water partition coefficient (Wildman–Crippen LogP) is 1.65. The van der Waals surface area contributed by atoms with Crippen LogP contribution < -0.4 is 5.32 Å². The van der Waals surface area contributed by atoms with Gasteiger partial charge in [-0.1, -0.05) is 29.8 Å². The number of H-pyrrole nitrogens is 1. The molecule has 0 aliphatic carbocycles. The summed E-state index contributed by atoms with van der Waals surface area (Å²) < 4.78 is 0. The van der Waals surface area contributed by atoms with Crippen LogP contribution in [0.1, 0.15) is 21.6 Å². The number of nitrogens with zero attached hydrogens (tertiary/aromatic N) is 1. The van der Waals surface area contributed by atoms with Crippen molar-refractivity contribution in [1.82, 2.24) is 15.5 Å². The van der Waals surface area contributed by atoms with Crippen LogP contribution in [0.3, 0.4) is 0 Å². The lowest BCUT2D eigenvalue weighted by molar-refractivity contribution is 0.0946. The number of carbonyl (C=O) groups is 1. The van der Waals surface area contributed by atoms with Gasteiger partial charge in [0.2, 0.25) is 0 Å². The molecule has 2 rings (SSSR count). The van der Waals surface area contributed by atoms with E-state index in [4.69, 9.17) is 0 Å². The third-order valence-electron chi connectivity index (χ3n) is 2.28. The van der Waals surface area contributed by atoms with Crippen molar-refractivity contribution in [2.24, 2.45) is 0 Å². The lowest BCUT2D eigenvalue weighted by Crippen LogP contribution is -2.23. The van der Waals surface area contributed by atoms with E-state index in [-0.39, 0.29) is 5.91 Å². The number of hydrogen-bond donors (Lipinski definition) is 2. The summed E-state index contributed by atoms with van der Waals surface area (Å²) in [6.07, 6.45) is 1.56. The number of hydrogen-bond acceptors (Lipinski definition) is 2. The summed E-state index contributed by atoms with van der Waals surface area (Å²) in [6.45, 7) is 2.56. The molecule has 1 amide bonds. The van der Waals surface area contributed by atoms with Crippen molar-refractivity contribution in [3.05, 3.63) is 53.3 Å². The van der Waals surface area contributed by atoms with Gasteiger partial charge in [-0.25, -0.2) is 0 Å². The third kappa shape index (κ3) is 2.48. The van der Waals surface area contributed by atoms with Crippen molar-refractivity contribution in [3.8, 4) is 0 Å². The SMILES string of the molecule is Cc1cccc(CNC(=O)c2ccn[nH]2)c1. The lowest BCUT2D eigenvalue weighted by atomic mass is 10.1. The van der Waals surface area contributed by atoms with E-state index < -0.39 is 0 Å². The molecule has 2 N–H and O–H groups in total. The second-order valence-electron chi connectivity index (χ2n) is 3.64. The van der Waals surface area contributed by atoms with Crippen LogP contribution >= 0.6 is 0 Å². The maximum absolute atomic E-state index is 11.6. The van der Waals surface area contributed by atoms with Gasteiger partial charge >= 0.3 is 0 Å². The van der Waals surface area contributed by atoms with Gasteiger partial charge in [0, 0.05) is 12.7 Å². The summed E-state index contributed by atoms with van der Waals surface area (Å²) in [5.74, 6) is -0.140. The zero-order valence-corrected chi connectivity index (χ0v) is 9.03. The fourth-order valence-corrected chi connectivity index (χ4v) is 1.48. The molecule has 1 aromatic heterocycles. The van der Waals surface area contributed by atoms with Gasteiger partial charge in [0.15, 0.2) is 0 Å². The molecule has 1 heterocycles. The van der Waals surface area contributed by atoms with Crippen molar-refractivity contribution >= 4 is 5.91 Å². The molecular formula is C12H13N3O. The highest BCUT2D eigenvalue weighted by Crippen LogP contribution is 2.03. The van der Waals surface area contributed by atoms with Crippen molar-refractivity contribution < 1.29 is 4.79 Å². The molecule has 0 aliphatic rings. The molecule has 0 bridgehead atoms. The van der Waals surface area contributed by atoms with Gasteiger partial charge in [-0.15, -0.1) is 0 Å². The number of aromatic nitrogens is 2. The minimum atomic E-state index is -0.140. The van der Waals surface area contributed by atoms with E-state index in [1.54, 1.807) is 12.3 Å². The third-order valence-corrected chi connectivity index (χ3v) is 2.28. The van der Waals surface area contributed by atoms with Crippen LogP contribution in [0.2, 0.25) is 0 Å². The smallest absolute Gasteiger partial charge is 0.269 e. The number of rotatable bonds is 3. The predicted molar refractivity (Wildman–Crippen MR) is 60.9 cm³/mol. The zero-order valence-electron chi connectivity index (χ0n) is 9.03. The van der Waals surface area contributed by atoms with Crippen molar-refractivity contribution in [1.29, 1.82) is 0 Å². The van der Waals surface area contributed by atoms with Gasteiger partial charge in [-0.2, -0.15) is 5.10 Å². The Bertz CT molecular complexity index is 477.